The van der Waals surface area contributed by atoms with E-state index in [4.69, 9.17) is 0 Å². The van der Waals surface area contributed by atoms with E-state index in [0.29, 0.717) is 0 Å². The molecule has 0 bridgehead atoms. The van der Waals surface area contributed by atoms with E-state index in [0.717, 1.165) is 31.7 Å². The Morgan fingerprint density at radius 1 is 1.18 bits per heavy atom. The number of carbonyl (C=O) groups is 1. The summed E-state index contributed by atoms with van der Waals surface area (Å²) < 4.78 is 0. The molecule has 90 valence electrons. The molecular weight excluding hydrogens is 210 g/mol. The monoisotopic (exact) mass is 229 g/mol. The van der Waals surface area contributed by atoms with Crippen LogP contribution in [-0.2, 0) is 17.6 Å². The van der Waals surface area contributed by atoms with Gasteiger partial charge in [-0.05, 0) is 49.1 Å². The van der Waals surface area contributed by atoms with Crippen LogP contribution in [0.4, 0.5) is 0 Å². The fourth-order valence-electron chi connectivity index (χ4n) is 2.63. The summed E-state index contributed by atoms with van der Waals surface area (Å²) in [5.74, 6) is 1.24. The smallest absolute Gasteiger partial charge is 0.223 e. The second-order valence-corrected chi connectivity index (χ2v) is 5.40. The highest BCUT2D eigenvalue weighted by Crippen LogP contribution is 2.28. The highest BCUT2D eigenvalue weighted by atomic mass is 16.1. The number of carbonyl (C=O) groups excluding carboxylic acids is 1. The second kappa shape index (κ2) is 4.52. The number of benzene rings is 1. The van der Waals surface area contributed by atoms with Crippen LogP contribution in [0.5, 0.6) is 0 Å². The highest BCUT2D eigenvalue weighted by Gasteiger charge is 2.26. The summed E-state index contributed by atoms with van der Waals surface area (Å²) in [7, 11) is 0. The molecular formula is C15H19NO. The van der Waals surface area contributed by atoms with Crippen molar-refractivity contribution < 1.29 is 4.79 Å². The van der Waals surface area contributed by atoms with E-state index >= 15 is 0 Å². The van der Waals surface area contributed by atoms with Gasteiger partial charge in [0, 0.05) is 12.5 Å². The van der Waals surface area contributed by atoms with E-state index in [1.165, 1.54) is 24.0 Å². The molecule has 1 aromatic rings. The molecule has 0 heterocycles. The molecule has 1 fully saturated rings. The van der Waals surface area contributed by atoms with E-state index in [-0.39, 0.29) is 11.8 Å². The van der Waals surface area contributed by atoms with Crippen molar-refractivity contribution in [2.24, 2.45) is 11.8 Å². The van der Waals surface area contributed by atoms with E-state index in [1.54, 1.807) is 0 Å². The van der Waals surface area contributed by atoms with Gasteiger partial charge in [0.1, 0.15) is 0 Å². The lowest BCUT2D eigenvalue weighted by Gasteiger charge is -2.23. The van der Waals surface area contributed by atoms with Crippen molar-refractivity contribution in [3.05, 3.63) is 35.4 Å². The van der Waals surface area contributed by atoms with Crippen LogP contribution in [0.3, 0.4) is 0 Å². The van der Waals surface area contributed by atoms with Gasteiger partial charge in [-0.1, -0.05) is 24.3 Å². The minimum atomic E-state index is 0.198. The van der Waals surface area contributed by atoms with E-state index in [2.05, 4.69) is 29.6 Å². The standard InChI is InChI=1S/C15H19NO/c17-15(16-10-11-5-6-11)14-8-7-12-3-1-2-4-13(12)9-14/h1-4,11,14H,5-10H2,(H,16,17). The first-order chi connectivity index (χ1) is 8.33. The Bertz CT molecular complexity index is 423. The largest absolute Gasteiger partial charge is 0.356 e. The Balaban J connectivity index is 1.60. The fraction of sp³-hybridized carbons (Fsp3) is 0.533. The number of rotatable bonds is 3. The minimum absolute atomic E-state index is 0.198. The van der Waals surface area contributed by atoms with Crippen LogP contribution in [0.25, 0.3) is 0 Å². The van der Waals surface area contributed by atoms with Crippen molar-refractivity contribution in [2.45, 2.75) is 32.1 Å². The normalized spacial score (nSPS) is 22.9. The first kappa shape index (κ1) is 10.8. The molecule has 1 saturated carbocycles. The Morgan fingerprint density at radius 2 is 1.94 bits per heavy atom. The molecule has 0 aliphatic heterocycles. The maximum absolute atomic E-state index is 12.0. The highest BCUT2D eigenvalue weighted by molar-refractivity contribution is 5.79. The summed E-state index contributed by atoms with van der Waals surface area (Å²) in [4.78, 5) is 12.0. The van der Waals surface area contributed by atoms with Crippen molar-refractivity contribution >= 4 is 5.91 Å². The quantitative estimate of drug-likeness (QED) is 0.846. The third kappa shape index (κ3) is 2.51. The molecule has 2 aliphatic rings. The number of fused-ring (bicyclic) bond motifs is 1. The topological polar surface area (TPSA) is 29.1 Å². The number of amides is 1. The molecule has 2 aliphatic carbocycles. The van der Waals surface area contributed by atoms with Gasteiger partial charge in [-0.15, -0.1) is 0 Å². The maximum Gasteiger partial charge on any atom is 0.223 e. The molecule has 0 aromatic heterocycles. The van der Waals surface area contributed by atoms with Crippen LogP contribution in [0.2, 0.25) is 0 Å². The van der Waals surface area contributed by atoms with E-state index < -0.39 is 0 Å². The molecule has 17 heavy (non-hydrogen) atoms. The molecule has 1 N–H and O–H groups in total. The van der Waals surface area contributed by atoms with Crippen molar-refractivity contribution in [2.75, 3.05) is 6.54 Å². The van der Waals surface area contributed by atoms with Gasteiger partial charge in [-0.2, -0.15) is 0 Å². The van der Waals surface area contributed by atoms with Crippen LogP contribution < -0.4 is 5.32 Å². The van der Waals surface area contributed by atoms with Crippen LogP contribution in [-0.4, -0.2) is 12.5 Å². The molecule has 0 radical (unpaired) electrons. The van der Waals surface area contributed by atoms with Gasteiger partial charge in [0.25, 0.3) is 0 Å². The molecule has 2 nitrogen and oxygen atoms in total. The predicted octanol–water partition coefficient (Wildman–Crippen LogP) is 2.32. The third-order valence-electron chi connectivity index (χ3n) is 3.98. The summed E-state index contributed by atoms with van der Waals surface area (Å²) >= 11 is 0. The van der Waals surface area contributed by atoms with E-state index in [9.17, 15) is 4.79 Å². The maximum atomic E-state index is 12.0. The Morgan fingerprint density at radius 3 is 2.71 bits per heavy atom. The zero-order chi connectivity index (χ0) is 11.7. The SMILES string of the molecule is O=C(NCC1CC1)C1CCc2ccccc2C1. The number of nitrogens with one attached hydrogen (secondary N) is 1. The summed E-state index contributed by atoms with van der Waals surface area (Å²) in [6, 6.07) is 8.51. The van der Waals surface area contributed by atoms with E-state index in [1.807, 2.05) is 0 Å². The molecule has 0 spiro atoms. The lowest BCUT2D eigenvalue weighted by molar-refractivity contribution is -0.125. The Labute approximate surface area is 102 Å². The van der Waals surface area contributed by atoms with Crippen LogP contribution >= 0.6 is 0 Å². The average molecular weight is 229 g/mol. The average Bonchev–Trinajstić information content (AvgIpc) is 3.19. The molecule has 0 saturated heterocycles. The molecule has 1 amide bonds. The zero-order valence-electron chi connectivity index (χ0n) is 10.1. The Hall–Kier alpha value is -1.31. The van der Waals surface area contributed by atoms with Crippen molar-refractivity contribution in [1.82, 2.24) is 5.32 Å². The van der Waals surface area contributed by atoms with Gasteiger partial charge in [0.15, 0.2) is 0 Å². The summed E-state index contributed by atoms with van der Waals surface area (Å²) in [5, 5.41) is 3.11. The summed E-state index contributed by atoms with van der Waals surface area (Å²) in [6.45, 7) is 0.900. The van der Waals surface area contributed by atoms with Gasteiger partial charge in [0.2, 0.25) is 5.91 Å². The van der Waals surface area contributed by atoms with Crippen molar-refractivity contribution in [3.63, 3.8) is 0 Å². The lowest BCUT2D eigenvalue weighted by atomic mass is 9.83. The molecule has 3 rings (SSSR count). The third-order valence-corrected chi connectivity index (χ3v) is 3.98. The van der Waals surface area contributed by atoms with Crippen molar-refractivity contribution in [1.29, 1.82) is 0 Å². The van der Waals surface area contributed by atoms with Crippen LogP contribution in [0.1, 0.15) is 30.4 Å². The van der Waals surface area contributed by atoms with Crippen LogP contribution in [0.15, 0.2) is 24.3 Å². The molecule has 1 atom stereocenters. The first-order valence-electron chi connectivity index (χ1n) is 6.67. The van der Waals surface area contributed by atoms with Gasteiger partial charge < -0.3 is 5.32 Å². The predicted molar refractivity (Wildman–Crippen MR) is 67.7 cm³/mol. The zero-order valence-corrected chi connectivity index (χ0v) is 10.1. The fourth-order valence-corrected chi connectivity index (χ4v) is 2.63. The van der Waals surface area contributed by atoms with Gasteiger partial charge in [0.05, 0.1) is 0 Å². The lowest BCUT2D eigenvalue weighted by Crippen LogP contribution is -2.35. The first-order valence-corrected chi connectivity index (χ1v) is 6.67. The van der Waals surface area contributed by atoms with Gasteiger partial charge in [-0.25, -0.2) is 0 Å². The van der Waals surface area contributed by atoms with Crippen LogP contribution in [0, 0.1) is 11.8 Å². The van der Waals surface area contributed by atoms with Gasteiger partial charge in [-0.3, -0.25) is 4.79 Å². The molecule has 1 unspecified atom stereocenters. The van der Waals surface area contributed by atoms with Gasteiger partial charge >= 0.3 is 0 Å². The summed E-state index contributed by atoms with van der Waals surface area (Å²) in [6.07, 6.45) is 5.58. The second-order valence-electron chi connectivity index (χ2n) is 5.40. The summed E-state index contributed by atoms with van der Waals surface area (Å²) in [5.41, 5.74) is 2.80. The number of hydrogen-bond acceptors (Lipinski definition) is 1. The number of aryl methyl sites for hydroxylation is 1. The molecule has 2 heteroatoms. The molecule has 1 aromatic carbocycles. The minimum Gasteiger partial charge on any atom is -0.356 e. The number of hydrogen-bond donors (Lipinski definition) is 1. The van der Waals surface area contributed by atoms with Crippen molar-refractivity contribution in [3.8, 4) is 0 Å². The Kier molecular flexibility index (Phi) is 2.87.